The summed E-state index contributed by atoms with van der Waals surface area (Å²) >= 11 is 6.72. The van der Waals surface area contributed by atoms with Gasteiger partial charge in [-0.15, -0.1) is 0 Å². The molecule has 7 heteroatoms. The Bertz CT molecular complexity index is 586. The average molecular weight is 374 g/mol. The molecule has 1 heterocycles. The monoisotopic (exact) mass is 372 g/mol. The molecule has 3 N–H and O–H groups in total. The zero-order chi connectivity index (χ0) is 13.3. The fraction of sp³-hybridized carbons (Fsp3) is 0.0909. The van der Waals surface area contributed by atoms with Gasteiger partial charge in [-0.25, -0.2) is 4.98 Å². The van der Waals surface area contributed by atoms with E-state index in [0.717, 1.165) is 0 Å². The molecule has 0 radical (unpaired) electrons. The van der Waals surface area contributed by atoms with E-state index in [4.69, 9.17) is 5.73 Å². The van der Waals surface area contributed by atoms with E-state index in [1.54, 1.807) is 30.1 Å². The number of carbonyl (C=O) groups excluding carboxylic acids is 1. The van der Waals surface area contributed by atoms with Gasteiger partial charge in [-0.05, 0) is 44.0 Å². The summed E-state index contributed by atoms with van der Waals surface area (Å²) in [4.78, 5) is 15.9. The number of benzene rings is 1. The summed E-state index contributed by atoms with van der Waals surface area (Å²) in [5.74, 6) is -0.235. The molecular formula is C11H10Br2N4O. The van der Waals surface area contributed by atoms with Gasteiger partial charge in [0.1, 0.15) is 5.69 Å². The lowest BCUT2D eigenvalue weighted by molar-refractivity contribution is 0.101. The van der Waals surface area contributed by atoms with E-state index >= 15 is 0 Å². The van der Waals surface area contributed by atoms with Crippen molar-refractivity contribution in [3.8, 4) is 0 Å². The molecule has 0 spiro atoms. The minimum atomic E-state index is -0.235. The highest BCUT2D eigenvalue weighted by Crippen LogP contribution is 2.33. The number of rotatable bonds is 2. The molecule has 5 nitrogen and oxygen atoms in total. The van der Waals surface area contributed by atoms with Crippen LogP contribution in [-0.4, -0.2) is 15.5 Å². The molecule has 0 atom stereocenters. The molecule has 0 aliphatic rings. The maximum absolute atomic E-state index is 12.0. The van der Waals surface area contributed by atoms with E-state index < -0.39 is 0 Å². The molecule has 1 amide bonds. The predicted molar refractivity (Wildman–Crippen MR) is 77.4 cm³/mol. The topological polar surface area (TPSA) is 72.9 Å². The Labute approximate surface area is 121 Å². The first kappa shape index (κ1) is 13.1. The number of anilines is 2. The van der Waals surface area contributed by atoms with Crippen molar-refractivity contribution in [2.45, 2.75) is 0 Å². The number of halogens is 2. The van der Waals surface area contributed by atoms with Crippen molar-refractivity contribution in [1.29, 1.82) is 0 Å². The Balaban J connectivity index is 2.31. The average Bonchev–Trinajstić information content (AvgIpc) is 2.69. The number of carbonyl (C=O) groups is 1. The van der Waals surface area contributed by atoms with Gasteiger partial charge < -0.3 is 15.6 Å². The lowest BCUT2D eigenvalue weighted by Gasteiger charge is -2.10. The molecule has 0 fully saturated rings. The number of imidazole rings is 1. The molecule has 1 aromatic carbocycles. The van der Waals surface area contributed by atoms with Crippen LogP contribution in [0.3, 0.4) is 0 Å². The van der Waals surface area contributed by atoms with E-state index in [0.29, 0.717) is 26.0 Å². The second-order valence-electron chi connectivity index (χ2n) is 3.70. The zero-order valence-electron chi connectivity index (χ0n) is 9.45. The summed E-state index contributed by atoms with van der Waals surface area (Å²) < 4.78 is 3.07. The Morgan fingerprint density at radius 3 is 2.50 bits per heavy atom. The van der Waals surface area contributed by atoms with Crippen molar-refractivity contribution in [1.82, 2.24) is 9.55 Å². The Hall–Kier alpha value is -1.34. The van der Waals surface area contributed by atoms with Crippen LogP contribution < -0.4 is 11.1 Å². The van der Waals surface area contributed by atoms with Crippen LogP contribution in [0, 0.1) is 0 Å². The van der Waals surface area contributed by atoms with Crippen LogP contribution in [0.25, 0.3) is 0 Å². The molecule has 0 saturated heterocycles. The van der Waals surface area contributed by atoms with Gasteiger partial charge in [-0.3, -0.25) is 4.79 Å². The summed E-state index contributed by atoms with van der Waals surface area (Å²) in [6.07, 6.45) is 3.08. The van der Waals surface area contributed by atoms with Crippen molar-refractivity contribution < 1.29 is 4.79 Å². The van der Waals surface area contributed by atoms with Crippen LogP contribution in [0.4, 0.5) is 11.4 Å². The number of amides is 1. The van der Waals surface area contributed by atoms with Crippen molar-refractivity contribution in [2.75, 3.05) is 11.1 Å². The molecule has 0 aliphatic heterocycles. The number of nitrogens with zero attached hydrogens (tertiary/aromatic N) is 2. The van der Waals surface area contributed by atoms with E-state index in [1.165, 1.54) is 6.20 Å². The quantitative estimate of drug-likeness (QED) is 0.795. The molecule has 94 valence electrons. The number of hydrogen-bond acceptors (Lipinski definition) is 3. The van der Waals surface area contributed by atoms with Crippen LogP contribution in [0.5, 0.6) is 0 Å². The Kier molecular flexibility index (Phi) is 3.72. The zero-order valence-corrected chi connectivity index (χ0v) is 12.6. The highest BCUT2D eigenvalue weighted by Gasteiger charge is 2.14. The Morgan fingerprint density at radius 1 is 1.39 bits per heavy atom. The lowest BCUT2D eigenvalue weighted by Crippen LogP contribution is -2.16. The van der Waals surface area contributed by atoms with Crippen LogP contribution in [0.1, 0.15) is 10.5 Å². The molecule has 0 bridgehead atoms. The smallest absolute Gasteiger partial charge is 0.273 e. The van der Waals surface area contributed by atoms with Crippen LogP contribution in [0.15, 0.2) is 33.6 Å². The maximum atomic E-state index is 12.0. The second-order valence-corrected chi connectivity index (χ2v) is 5.41. The Morgan fingerprint density at radius 2 is 2.00 bits per heavy atom. The molecule has 18 heavy (non-hydrogen) atoms. The fourth-order valence-corrected chi connectivity index (χ4v) is 2.89. The van der Waals surface area contributed by atoms with Crippen LogP contribution in [-0.2, 0) is 7.05 Å². The molecule has 0 aliphatic carbocycles. The lowest BCUT2D eigenvalue weighted by atomic mass is 10.3. The molecule has 2 rings (SSSR count). The number of nitrogen functional groups attached to an aromatic ring is 1. The third-order valence-electron chi connectivity index (χ3n) is 2.35. The number of aromatic nitrogens is 2. The van der Waals surface area contributed by atoms with Crippen molar-refractivity contribution >= 4 is 49.1 Å². The van der Waals surface area contributed by atoms with Gasteiger partial charge in [0.15, 0.2) is 0 Å². The van der Waals surface area contributed by atoms with Gasteiger partial charge in [-0.1, -0.05) is 0 Å². The first-order valence-electron chi connectivity index (χ1n) is 5.01. The molecule has 1 aromatic heterocycles. The summed E-state index contributed by atoms with van der Waals surface area (Å²) in [6.45, 7) is 0. The predicted octanol–water partition coefficient (Wildman–Crippen LogP) is 2.78. The standard InChI is InChI=1S/C11H10Br2N4O/c1-17-5-15-4-9(17)11(18)16-10-7(12)2-6(14)3-8(10)13/h2-5H,14H2,1H3,(H,16,18). The van der Waals surface area contributed by atoms with Gasteiger partial charge in [-0.2, -0.15) is 0 Å². The van der Waals surface area contributed by atoms with Gasteiger partial charge in [0.2, 0.25) is 0 Å². The number of hydrogen-bond donors (Lipinski definition) is 2. The fourth-order valence-electron chi connectivity index (χ4n) is 1.47. The highest BCUT2D eigenvalue weighted by atomic mass is 79.9. The molecule has 0 unspecified atom stereocenters. The number of nitrogens with one attached hydrogen (secondary N) is 1. The summed E-state index contributed by atoms with van der Waals surface area (Å²) in [7, 11) is 1.76. The minimum absolute atomic E-state index is 0.235. The van der Waals surface area contributed by atoms with Crippen LogP contribution in [0.2, 0.25) is 0 Å². The number of nitrogens with two attached hydrogens (primary N) is 1. The summed E-state index contributed by atoms with van der Waals surface area (Å²) in [5.41, 5.74) is 7.41. The van der Waals surface area contributed by atoms with Crippen LogP contribution >= 0.6 is 31.9 Å². The summed E-state index contributed by atoms with van der Waals surface area (Å²) in [6, 6.07) is 3.45. The van der Waals surface area contributed by atoms with E-state index in [-0.39, 0.29) is 5.91 Å². The van der Waals surface area contributed by atoms with Gasteiger partial charge in [0.25, 0.3) is 5.91 Å². The second kappa shape index (κ2) is 5.11. The van der Waals surface area contributed by atoms with E-state index in [2.05, 4.69) is 42.2 Å². The van der Waals surface area contributed by atoms with Crippen molar-refractivity contribution in [3.05, 3.63) is 39.3 Å². The first-order chi connectivity index (χ1) is 8.49. The van der Waals surface area contributed by atoms with Gasteiger partial charge in [0, 0.05) is 21.7 Å². The highest BCUT2D eigenvalue weighted by molar-refractivity contribution is 9.11. The third kappa shape index (κ3) is 2.56. The van der Waals surface area contributed by atoms with E-state index in [9.17, 15) is 4.79 Å². The first-order valence-corrected chi connectivity index (χ1v) is 6.60. The van der Waals surface area contributed by atoms with E-state index in [1.807, 2.05) is 0 Å². The summed E-state index contributed by atoms with van der Waals surface area (Å²) in [5, 5.41) is 2.80. The largest absolute Gasteiger partial charge is 0.399 e. The normalized spacial score (nSPS) is 10.4. The molecule has 0 saturated carbocycles. The molecule has 2 aromatic rings. The van der Waals surface area contributed by atoms with Gasteiger partial charge in [0.05, 0.1) is 18.2 Å². The maximum Gasteiger partial charge on any atom is 0.273 e. The molecular weight excluding hydrogens is 364 g/mol. The minimum Gasteiger partial charge on any atom is -0.399 e. The number of aryl methyl sites for hydroxylation is 1. The van der Waals surface area contributed by atoms with Gasteiger partial charge >= 0.3 is 0 Å². The SMILES string of the molecule is Cn1cncc1C(=O)Nc1c(Br)cc(N)cc1Br. The van der Waals surface area contributed by atoms with Crippen molar-refractivity contribution in [3.63, 3.8) is 0 Å². The third-order valence-corrected chi connectivity index (χ3v) is 3.60. The van der Waals surface area contributed by atoms with Crippen molar-refractivity contribution in [2.24, 2.45) is 7.05 Å².